The number of anilines is 2. The highest BCUT2D eigenvalue weighted by Gasteiger charge is 2.16. The van der Waals surface area contributed by atoms with Crippen LogP contribution in [0, 0.1) is 23.3 Å². The van der Waals surface area contributed by atoms with Crippen LogP contribution in [0.1, 0.15) is 10.4 Å². The summed E-state index contributed by atoms with van der Waals surface area (Å²) in [5, 5.41) is 11.2. The quantitative estimate of drug-likeness (QED) is 0.668. The molecule has 0 aliphatic carbocycles. The average Bonchev–Trinajstić information content (AvgIpc) is 2.41. The fourth-order valence-corrected chi connectivity index (χ4v) is 1.57. The summed E-state index contributed by atoms with van der Waals surface area (Å²) in [5.41, 5.74) is -1.07. The van der Waals surface area contributed by atoms with Gasteiger partial charge in [-0.15, -0.1) is 0 Å². The molecule has 20 heavy (non-hydrogen) atoms. The number of carbonyl (C=O) groups is 1. The summed E-state index contributed by atoms with van der Waals surface area (Å²) in [6, 6.07) is 4.32. The van der Waals surface area contributed by atoms with Crippen LogP contribution in [-0.2, 0) is 0 Å². The van der Waals surface area contributed by atoms with Crippen LogP contribution < -0.4 is 5.32 Å². The van der Waals surface area contributed by atoms with E-state index in [9.17, 15) is 22.4 Å². The lowest BCUT2D eigenvalue weighted by Gasteiger charge is -2.11. The van der Waals surface area contributed by atoms with Crippen LogP contribution in [0.3, 0.4) is 0 Å². The van der Waals surface area contributed by atoms with E-state index in [0.717, 1.165) is 24.3 Å². The second-order valence-corrected chi connectivity index (χ2v) is 3.84. The van der Waals surface area contributed by atoms with Crippen LogP contribution in [0.4, 0.5) is 28.9 Å². The van der Waals surface area contributed by atoms with Gasteiger partial charge < -0.3 is 10.4 Å². The van der Waals surface area contributed by atoms with Gasteiger partial charge in [0.2, 0.25) is 0 Å². The third-order valence-electron chi connectivity index (χ3n) is 2.52. The van der Waals surface area contributed by atoms with E-state index in [1.165, 1.54) is 0 Å². The van der Waals surface area contributed by atoms with Gasteiger partial charge in [0.15, 0.2) is 17.5 Å². The molecule has 2 aromatic rings. The molecule has 0 radical (unpaired) electrons. The molecule has 104 valence electrons. The minimum Gasteiger partial charge on any atom is -0.478 e. The number of hydrogen-bond donors (Lipinski definition) is 2. The maximum Gasteiger partial charge on any atom is 0.337 e. The van der Waals surface area contributed by atoms with Gasteiger partial charge in [0.05, 0.1) is 16.9 Å². The smallest absolute Gasteiger partial charge is 0.337 e. The zero-order chi connectivity index (χ0) is 14.9. The van der Waals surface area contributed by atoms with E-state index in [0.29, 0.717) is 6.07 Å². The van der Waals surface area contributed by atoms with Crippen molar-refractivity contribution in [2.24, 2.45) is 0 Å². The Kier molecular flexibility index (Phi) is 3.60. The highest BCUT2D eigenvalue weighted by molar-refractivity contribution is 5.95. The minimum atomic E-state index is -1.69. The van der Waals surface area contributed by atoms with Crippen LogP contribution in [-0.4, -0.2) is 11.1 Å². The van der Waals surface area contributed by atoms with Crippen molar-refractivity contribution in [1.82, 2.24) is 0 Å². The Balaban J connectivity index is 2.45. The summed E-state index contributed by atoms with van der Waals surface area (Å²) in [7, 11) is 0. The molecule has 2 aromatic carbocycles. The lowest BCUT2D eigenvalue weighted by atomic mass is 10.1. The Morgan fingerprint density at radius 2 is 1.60 bits per heavy atom. The first-order chi connectivity index (χ1) is 9.40. The van der Waals surface area contributed by atoms with Gasteiger partial charge in [-0.05, 0) is 30.3 Å². The molecule has 0 bridgehead atoms. The van der Waals surface area contributed by atoms with Crippen molar-refractivity contribution in [2.75, 3.05) is 5.32 Å². The second kappa shape index (κ2) is 5.20. The molecule has 2 rings (SSSR count). The Labute approximate surface area is 110 Å². The fraction of sp³-hybridized carbons (Fsp3) is 0. The topological polar surface area (TPSA) is 49.3 Å². The van der Waals surface area contributed by atoms with Crippen LogP contribution >= 0.6 is 0 Å². The van der Waals surface area contributed by atoms with Crippen molar-refractivity contribution in [3.63, 3.8) is 0 Å². The zero-order valence-corrected chi connectivity index (χ0v) is 9.75. The van der Waals surface area contributed by atoms with Crippen molar-refractivity contribution in [2.45, 2.75) is 0 Å². The Hall–Kier alpha value is -2.57. The third-order valence-corrected chi connectivity index (χ3v) is 2.52. The van der Waals surface area contributed by atoms with Gasteiger partial charge in [-0.1, -0.05) is 0 Å². The third kappa shape index (κ3) is 2.56. The van der Waals surface area contributed by atoms with Crippen molar-refractivity contribution >= 4 is 17.3 Å². The van der Waals surface area contributed by atoms with Gasteiger partial charge in [0.25, 0.3) is 0 Å². The first-order valence-corrected chi connectivity index (χ1v) is 5.33. The highest BCUT2D eigenvalue weighted by Crippen LogP contribution is 2.26. The van der Waals surface area contributed by atoms with E-state index in [1.54, 1.807) is 0 Å². The summed E-state index contributed by atoms with van der Waals surface area (Å²) < 4.78 is 52.3. The predicted octanol–water partition coefficient (Wildman–Crippen LogP) is 3.68. The number of carboxylic acid groups (broad SMARTS) is 1. The number of halogens is 4. The molecule has 0 aliphatic rings. The lowest BCUT2D eigenvalue weighted by Crippen LogP contribution is -2.05. The molecule has 0 aromatic heterocycles. The van der Waals surface area contributed by atoms with Crippen molar-refractivity contribution in [1.29, 1.82) is 0 Å². The molecular weight excluding hydrogens is 278 g/mol. The van der Waals surface area contributed by atoms with Crippen LogP contribution in [0.15, 0.2) is 30.3 Å². The van der Waals surface area contributed by atoms with E-state index in [4.69, 9.17) is 5.11 Å². The molecule has 7 heteroatoms. The SMILES string of the molecule is O=C(O)c1cc(F)ccc1Nc1ccc(F)c(F)c1F. The first-order valence-electron chi connectivity index (χ1n) is 5.33. The number of hydrogen-bond acceptors (Lipinski definition) is 2. The van der Waals surface area contributed by atoms with Crippen LogP contribution in [0.25, 0.3) is 0 Å². The van der Waals surface area contributed by atoms with Gasteiger partial charge in [-0.25, -0.2) is 22.4 Å². The number of rotatable bonds is 3. The van der Waals surface area contributed by atoms with Crippen LogP contribution in [0.2, 0.25) is 0 Å². The molecule has 0 atom stereocenters. The molecule has 0 saturated heterocycles. The molecule has 0 amide bonds. The lowest BCUT2D eigenvalue weighted by molar-refractivity contribution is 0.0697. The summed E-state index contributed by atoms with van der Waals surface area (Å²) >= 11 is 0. The largest absolute Gasteiger partial charge is 0.478 e. The maximum atomic E-state index is 13.5. The molecule has 2 N–H and O–H groups in total. The number of aromatic carboxylic acids is 1. The van der Waals surface area contributed by atoms with Gasteiger partial charge in [0.1, 0.15) is 5.82 Å². The molecule has 0 aliphatic heterocycles. The first kappa shape index (κ1) is 13.9. The highest BCUT2D eigenvalue weighted by atomic mass is 19.2. The number of nitrogens with one attached hydrogen (secondary N) is 1. The maximum absolute atomic E-state index is 13.5. The number of carboxylic acids is 1. The Morgan fingerprint density at radius 1 is 0.950 bits per heavy atom. The molecular formula is C13H7F4NO2. The van der Waals surface area contributed by atoms with E-state index in [2.05, 4.69) is 5.32 Å². The zero-order valence-electron chi connectivity index (χ0n) is 9.75. The molecule has 0 fully saturated rings. The monoisotopic (exact) mass is 285 g/mol. The standard InChI is InChI=1S/C13H7F4NO2/c14-6-1-3-9(7(5-6)13(19)20)18-10-4-2-8(15)11(16)12(10)17/h1-5,18H,(H,19,20). The van der Waals surface area contributed by atoms with Gasteiger partial charge in [0, 0.05) is 0 Å². The van der Waals surface area contributed by atoms with E-state index in [1.807, 2.05) is 0 Å². The van der Waals surface area contributed by atoms with E-state index in [-0.39, 0.29) is 5.69 Å². The van der Waals surface area contributed by atoms with Gasteiger partial charge in [-0.3, -0.25) is 0 Å². The van der Waals surface area contributed by atoms with E-state index >= 15 is 0 Å². The Bertz CT molecular complexity index is 688. The van der Waals surface area contributed by atoms with Gasteiger partial charge in [-0.2, -0.15) is 0 Å². The van der Waals surface area contributed by atoms with Crippen molar-refractivity contribution in [3.8, 4) is 0 Å². The molecule has 0 heterocycles. The summed E-state index contributed by atoms with van der Waals surface area (Å²) in [5.74, 6) is -6.79. The second-order valence-electron chi connectivity index (χ2n) is 3.84. The number of benzene rings is 2. The molecule has 0 spiro atoms. The van der Waals surface area contributed by atoms with Crippen molar-refractivity contribution in [3.05, 3.63) is 59.2 Å². The molecule has 0 saturated carbocycles. The van der Waals surface area contributed by atoms with Crippen molar-refractivity contribution < 1.29 is 27.5 Å². The van der Waals surface area contributed by atoms with E-state index < -0.39 is 40.5 Å². The summed E-state index contributed by atoms with van der Waals surface area (Å²) in [6.45, 7) is 0. The summed E-state index contributed by atoms with van der Waals surface area (Å²) in [4.78, 5) is 10.9. The fourth-order valence-electron chi connectivity index (χ4n) is 1.57. The predicted molar refractivity (Wildman–Crippen MR) is 63.0 cm³/mol. The molecule has 3 nitrogen and oxygen atoms in total. The summed E-state index contributed by atoms with van der Waals surface area (Å²) in [6.07, 6.45) is 0. The minimum absolute atomic E-state index is 0.149. The Morgan fingerprint density at radius 3 is 2.25 bits per heavy atom. The average molecular weight is 285 g/mol. The normalized spacial score (nSPS) is 10.4. The van der Waals surface area contributed by atoms with Gasteiger partial charge >= 0.3 is 5.97 Å². The molecule has 0 unspecified atom stereocenters. The van der Waals surface area contributed by atoms with Crippen LogP contribution in [0.5, 0.6) is 0 Å².